The van der Waals surface area contributed by atoms with Gasteiger partial charge in [-0.15, -0.1) is 0 Å². The fourth-order valence-corrected chi connectivity index (χ4v) is 2.60. The summed E-state index contributed by atoms with van der Waals surface area (Å²) in [4.78, 5) is -0.376. The van der Waals surface area contributed by atoms with Crippen molar-refractivity contribution in [3.8, 4) is 0 Å². The van der Waals surface area contributed by atoms with Crippen molar-refractivity contribution >= 4 is 10.0 Å². The molecular weight excluding hydrogens is 283 g/mol. The molecule has 0 heterocycles. The van der Waals surface area contributed by atoms with Gasteiger partial charge in [-0.1, -0.05) is 19.9 Å². The van der Waals surface area contributed by atoms with Crippen molar-refractivity contribution in [2.75, 3.05) is 19.8 Å². The molecule has 0 aliphatic carbocycles. The average molecular weight is 304 g/mol. The van der Waals surface area contributed by atoms with Crippen LogP contribution in [0.15, 0.2) is 23.1 Å². The third kappa shape index (κ3) is 5.16. The Bertz CT molecular complexity index is 532. The molecule has 0 amide bonds. The minimum Gasteiger partial charge on any atom is -0.380 e. The summed E-state index contributed by atoms with van der Waals surface area (Å²) in [5, 5.41) is 0. The van der Waals surface area contributed by atoms with E-state index in [-0.39, 0.29) is 24.6 Å². The fraction of sp³-hybridized carbons (Fsp3) is 0.538. The van der Waals surface area contributed by atoms with Crippen LogP contribution in [0, 0.1) is 11.7 Å². The van der Waals surface area contributed by atoms with E-state index in [1.807, 2.05) is 13.8 Å². The lowest BCUT2D eigenvalue weighted by atomic mass is 10.2. The topological polar surface area (TPSA) is 81.4 Å². The maximum Gasteiger partial charge on any atom is 0.243 e. The molecule has 0 aliphatic heterocycles. The van der Waals surface area contributed by atoms with E-state index in [4.69, 9.17) is 10.5 Å². The maximum atomic E-state index is 13.7. The smallest absolute Gasteiger partial charge is 0.243 e. The molecule has 0 bridgehead atoms. The van der Waals surface area contributed by atoms with Crippen LogP contribution in [0.4, 0.5) is 4.39 Å². The first-order valence-electron chi connectivity index (χ1n) is 6.42. The Morgan fingerprint density at radius 1 is 1.40 bits per heavy atom. The van der Waals surface area contributed by atoms with Gasteiger partial charge < -0.3 is 10.5 Å². The number of halogens is 1. The molecule has 20 heavy (non-hydrogen) atoms. The van der Waals surface area contributed by atoms with Gasteiger partial charge in [0.25, 0.3) is 0 Å². The molecule has 0 spiro atoms. The van der Waals surface area contributed by atoms with Crippen molar-refractivity contribution in [1.82, 2.24) is 4.72 Å². The molecule has 0 saturated heterocycles. The number of nitrogens with two attached hydrogens (primary N) is 1. The van der Waals surface area contributed by atoms with Crippen molar-refractivity contribution in [3.63, 3.8) is 0 Å². The van der Waals surface area contributed by atoms with Crippen LogP contribution in [0.3, 0.4) is 0 Å². The first-order valence-corrected chi connectivity index (χ1v) is 7.91. The van der Waals surface area contributed by atoms with Crippen molar-refractivity contribution < 1.29 is 17.5 Å². The normalized spacial score (nSPS) is 12.1. The Morgan fingerprint density at radius 3 is 2.65 bits per heavy atom. The summed E-state index contributed by atoms with van der Waals surface area (Å²) >= 11 is 0. The fourth-order valence-electron chi connectivity index (χ4n) is 1.53. The van der Waals surface area contributed by atoms with Gasteiger partial charge in [0.2, 0.25) is 10.0 Å². The summed E-state index contributed by atoms with van der Waals surface area (Å²) in [5.74, 6) is -0.420. The summed E-state index contributed by atoms with van der Waals surface area (Å²) in [6.07, 6.45) is 0. The molecule has 7 heteroatoms. The van der Waals surface area contributed by atoms with Crippen LogP contribution in [0.5, 0.6) is 0 Å². The third-order valence-electron chi connectivity index (χ3n) is 2.51. The molecule has 114 valence electrons. The zero-order chi connectivity index (χ0) is 15.2. The van der Waals surface area contributed by atoms with Gasteiger partial charge in [0.15, 0.2) is 0 Å². The molecule has 0 unspecified atom stereocenters. The molecule has 0 saturated carbocycles. The Morgan fingerprint density at radius 2 is 2.10 bits per heavy atom. The highest BCUT2D eigenvalue weighted by atomic mass is 32.2. The number of ether oxygens (including phenoxy) is 1. The molecule has 0 aromatic heterocycles. The monoisotopic (exact) mass is 304 g/mol. The van der Waals surface area contributed by atoms with Gasteiger partial charge >= 0.3 is 0 Å². The number of nitrogens with one attached hydrogen (secondary N) is 1. The quantitative estimate of drug-likeness (QED) is 0.708. The molecular formula is C13H21FN2O3S. The van der Waals surface area contributed by atoms with E-state index < -0.39 is 15.8 Å². The average Bonchev–Trinajstić information content (AvgIpc) is 2.37. The predicted octanol–water partition coefficient (Wildman–Crippen LogP) is 1.24. The number of benzene rings is 1. The van der Waals surface area contributed by atoms with Crippen LogP contribution in [0.2, 0.25) is 0 Å². The Balaban J connectivity index is 2.60. The highest BCUT2D eigenvalue weighted by molar-refractivity contribution is 7.89. The van der Waals surface area contributed by atoms with E-state index in [9.17, 15) is 12.8 Å². The van der Waals surface area contributed by atoms with Gasteiger partial charge in [-0.2, -0.15) is 0 Å². The van der Waals surface area contributed by atoms with Crippen molar-refractivity contribution in [2.45, 2.75) is 25.3 Å². The largest absolute Gasteiger partial charge is 0.380 e. The van der Waals surface area contributed by atoms with Gasteiger partial charge in [-0.05, 0) is 23.6 Å². The molecule has 1 aromatic carbocycles. The van der Waals surface area contributed by atoms with Crippen LogP contribution >= 0.6 is 0 Å². The van der Waals surface area contributed by atoms with Crippen molar-refractivity contribution in [3.05, 3.63) is 29.6 Å². The van der Waals surface area contributed by atoms with Crippen LogP contribution in [0.25, 0.3) is 0 Å². The van der Waals surface area contributed by atoms with Crippen LogP contribution in [-0.4, -0.2) is 28.2 Å². The van der Waals surface area contributed by atoms with Gasteiger partial charge in [0.05, 0.1) is 6.61 Å². The second-order valence-corrected chi connectivity index (χ2v) is 6.57. The number of rotatable bonds is 8. The molecule has 0 aliphatic rings. The van der Waals surface area contributed by atoms with Crippen molar-refractivity contribution in [2.24, 2.45) is 11.7 Å². The minimum absolute atomic E-state index is 0.104. The number of sulfonamides is 1. The minimum atomic E-state index is -3.86. The lowest BCUT2D eigenvalue weighted by Gasteiger charge is -2.10. The van der Waals surface area contributed by atoms with E-state index in [1.165, 1.54) is 12.1 Å². The molecule has 1 aromatic rings. The highest BCUT2D eigenvalue weighted by Gasteiger charge is 2.18. The van der Waals surface area contributed by atoms with E-state index in [2.05, 4.69) is 4.72 Å². The summed E-state index contributed by atoms with van der Waals surface area (Å²) in [6.45, 7) is 5.07. The molecule has 3 N–H and O–H groups in total. The van der Waals surface area contributed by atoms with Crippen molar-refractivity contribution in [1.29, 1.82) is 0 Å². The summed E-state index contributed by atoms with van der Waals surface area (Å²) < 4.78 is 45.1. The van der Waals surface area contributed by atoms with Crippen LogP contribution < -0.4 is 10.5 Å². The predicted molar refractivity (Wildman–Crippen MR) is 75.1 cm³/mol. The second-order valence-electron chi connectivity index (χ2n) is 4.84. The lowest BCUT2D eigenvalue weighted by Crippen LogP contribution is -2.28. The molecule has 0 fully saturated rings. The molecule has 1 rings (SSSR count). The maximum absolute atomic E-state index is 13.7. The zero-order valence-electron chi connectivity index (χ0n) is 11.7. The summed E-state index contributed by atoms with van der Waals surface area (Å²) in [6, 6.07) is 3.84. The van der Waals surface area contributed by atoms with Crippen LogP contribution in [-0.2, 0) is 21.3 Å². The van der Waals surface area contributed by atoms with E-state index in [0.717, 1.165) is 6.07 Å². The third-order valence-corrected chi connectivity index (χ3v) is 4.01. The van der Waals surface area contributed by atoms with Gasteiger partial charge in [0.1, 0.15) is 10.7 Å². The van der Waals surface area contributed by atoms with E-state index >= 15 is 0 Å². The summed E-state index contributed by atoms with van der Waals surface area (Å²) in [7, 11) is -3.86. The van der Waals surface area contributed by atoms with Crippen LogP contribution in [0.1, 0.15) is 19.4 Å². The second kappa shape index (κ2) is 7.68. The Kier molecular flexibility index (Phi) is 6.54. The molecule has 0 radical (unpaired) electrons. The molecule has 5 nitrogen and oxygen atoms in total. The summed E-state index contributed by atoms with van der Waals surface area (Å²) in [5.41, 5.74) is 5.91. The first kappa shape index (κ1) is 17.0. The standard InChI is InChI=1S/C13H21FN2O3S/c1-10(2)9-19-6-5-16-20(17,18)13-4-3-11(8-15)7-12(13)14/h3-4,7,10,16H,5-6,8-9,15H2,1-2H3. The number of hydrogen-bond acceptors (Lipinski definition) is 4. The lowest BCUT2D eigenvalue weighted by molar-refractivity contribution is 0.114. The molecule has 0 atom stereocenters. The SMILES string of the molecule is CC(C)COCCNS(=O)(=O)c1ccc(CN)cc1F. The highest BCUT2D eigenvalue weighted by Crippen LogP contribution is 2.15. The Hall–Kier alpha value is -1.02. The van der Waals surface area contributed by atoms with Gasteiger partial charge in [-0.25, -0.2) is 17.5 Å². The Labute approximate surface area is 119 Å². The zero-order valence-corrected chi connectivity index (χ0v) is 12.5. The van der Waals surface area contributed by atoms with Gasteiger partial charge in [0, 0.05) is 19.7 Å². The number of hydrogen-bond donors (Lipinski definition) is 2. The van der Waals surface area contributed by atoms with E-state index in [0.29, 0.717) is 18.1 Å². The first-order chi connectivity index (χ1) is 9.36. The van der Waals surface area contributed by atoms with Gasteiger partial charge in [-0.3, -0.25) is 0 Å². The van der Waals surface area contributed by atoms with E-state index in [1.54, 1.807) is 0 Å².